The Labute approximate surface area is 60.9 Å². The van der Waals surface area contributed by atoms with Crippen LogP contribution in [0.15, 0.2) is 16.9 Å². The van der Waals surface area contributed by atoms with E-state index >= 15 is 0 Å². The lowest BCUT2D eigenvalue weighted by Gasteiger charge is -2.02. The van der Waals surface area contributed by atoms with E-state index in [4.69, 9.17) is 4.42 Å². The molecule has 0 amide bonds. The maximum Gasteiger partial charge on any atom is 0.211 e. The van der Waals surface area contributed by atoms with E-state index in [1.807, 2.05) is 0 Å². The van der Waals surface area contributed by atoms with Crippen molar-refractivity contribution in [3.63, 3.8) is 0 Å². The van der Waals surface area contributed by atoms with Gasteiger partial charge in [-0.15, -0.1) is 0 Å². The zero-order chi connectivity index (χ0) is 6.81. The highest BCUT2D eigenvalue weighted by atomic mass is 16.3. The monoisotopic (exact) mass is 140 g/mol. The lowest BCUT2D eigenvalue weighted by molar-refractivity contribution is 0.429. The summed E-state index contributed by atoms with van der Waals surface area (Å²) in [6.45, 7) is 1.09. The molecular weight excluding hydrogens is 128 g/mol. The van der Waals surface area contributed by atoms with Crippen molar-refractivity contribution in [2.75, 3.05) is 6.54 Å². The van der Waals surface area contributed by atoms with Crippen molar-refractivity contribution >= 4 is 0 Å². The van der Waals surface area contributed by atoms with Crippen molar-refractivity contribution in [3.8, 4) is 0 Å². The average Bonchev–Trinajstić information content (AvgIpc) is 2.59. The topological polar surface area (TPSA) is 38.1 Å². The average molecular weight is 140 g/mol. The number of oxazole rings is 1. The number of aromatic nitrogens is 1. The number of rotatable bonds is 1. The molecule has 2 heterocycles. The maximum absolute atomic E-state index is 5.14. The summed E-state index contributed by atoms with van der Waals surface area (Å²) in [5.41, 5.74) is 0. The smallest absolute Gasteiger partial charge is 0.211 e. The third kappa shape index (κ3) is 0.926. The largest absolute Gasteiger partial charge is 0.447 e. The number of hydrogen-bond acceptors (Lipinski definition) is 3. The molecule has 0 unspecified atom stereocenters. The lowest BCUT2D eigenvalue weighted by atomic mass is 10.2. The normalized spacial score (nSPS) is 25.4. The molecule has 1 saturated heterocycles. The summed E-state index contributed by atoms with van der Waals surface area (Å²) in [7, 11) is 0. The van der Waals surface area contributed by atoms with Gasteiger partial charge in [0.05, 0.1) is 12.2 Å². The molecule has 1 aromatic heterocycles. The van der Waals surface area contributed by atoms with Crippen molar-refractivity contribution in [1.82, 2.24) is 10.3 Å². The lowest BCUT2D eigenvalue weighted by Crippen LogP contribution is -2.12. The van der Waals surface area contributed by atoms with Gasteiger partial charge in [0.25, 0.3) is 0 Å². The molecule has 0 radical (unpaired) electrons. The fourth-order valence-corrected chi connectivity index (χ4v) is 1.30. The first-order chi connectivity index (χ1) is 4.97. The minimum atomic E-state index is 0. The van der Waals surface area contributed by atoms with Crippen LogP contribution < -0.4 is 5.32 Å². The minimum absolute atomic E-state index is 0. The van der Waals surface area contributed by atoms with Crippen LogP contribution in [0.1, 0.15) is 26.2 Å². The van der Waals surface area contributed by atoms with Gasteiger partial charge in [-0.25, -0.2) is 4.98 Å². The van der Waals surface area contributed by atoms with Crippen LogP contribution in [0.4, 0.5) is 0 Å². The first-order valence-electron chi connectivity index (χ1n) is 3.59. The minimum Gasteiger partial charge on any atom is -0.447 e. The van der Waals surface area contributed by atoms with E-state index in [0.29, 0.717) is 6.04 Å². The van der Waals surface area contributed by atoms with Gasteiger partial charge in [0.1, 0.15) is 6.26 Å². The second-order valence-corrected chi connectivity index (χ2v) is 2.52. The number of hydrogen-bond donors (Lipinski definition) is 1. The molecule has 1 atom stereocenters. The molecule has 2 rings (SSSR count). The van der Waals surface area contributed by atoms with E-state index in [-0.39, 0.29) is 1.43 Å². The Morgan fingerprint density at radius 1 is 1.80 bits per heavy atom. The van der Waals surface area contributed by atoms with Gasteiger partial charge in [0, 0.05) is 1.43 Å². The molecule has 0 saturated carbocycles. The first kappa shape index (κ1) is 5.92. The third-order valence-corrected chi connectivity index (χ3v) is 1.81. The van der Waals surface area contributed by atoms with Gasteiger partial charge in [0.2, 0.25) is 5.89 Å². The summed E-state index contributed by atoms with van der Waals surface area (Å²) in [6.07, 6.45) is 5.69. The third-order valence-electron chi connectivity index (χ3n) is 1.81. The fraction of sp³-hybridized carbons (Fsp3) is 0.571. The van der Waals surface area contributed by atoms with Crippen molar-refractivity contribution in [1.29, 1.82) is 0 Å². The van der Waals surface area contributed by atoms with E-state index < -0.39 is 0 Å². The van der Waals surface area contributed by atoms with E-state index in [1.54, 1.807) is 12.5 Å². The summed E-state index contributed by atoms with van der Waals surface area (Å²) < 4.78 is 5.14. The first-order valence-corrected chi connectivity index (χ1v) is 3.59. The highest BCUT2D eigenvalue weighted by Gasteiger charge is 2.19. The quantitative estimate of drug-likeness (QED) is 0.639. The van der Waals surface area contributed by atoms with Crippen LogP contribution in [-0.2, 0) is 0 Å². The van der Waals surface area contributed by atoms with Gasteiger partial charge in [-0.1, -0.05) is 0 Å². The second kappa shape index (κ2) is 2.42. The highest BCUT2D eigenvalue weighted by Crippen LogP contribution is 2.20. The molecule has 10 heavy (non-hydrogen) atoms. The molecule has 0 bridgehead atoms. The van der Waals surface area contributed by atoms with E-state index in [1.165, 1.54) is 6.42 Å². The van der Waals surface area contributed by atoms with Crippen LogP contribution in [0.2, 0.25) is 0 Å². The maximum atomic E-state index is 5.14. The molecule has 1 N–H and O–H groups in total. The molecule has 0 aromatic carbocycles. The van der Waals surface area contributed by atoms with Crippen molar-refractivity contribution in [3.05, 3.63) is 18.4 Å². The fourth-order valence-electron chi connectivity index (χ4n) is 1.30. The Kier molecular flexibility index (Phi) is 1.43. The van der Waals surface area contributed by atoms with Crippen molar-refractivity contribution < 1.29 is 5.84 Å². The summed E-state index contributed by atoms with van der Waals surface area (Å²) >= 11 is 0. The van der Waals surface area contributed by atoms with Crippen molar-refractivity contribution in [2.24, 2.45) is 0 Å². The van der Waals surface area contributed by atoms with Gasteiger partial charge < -0.3 is 9.73 Å². The van der Waals surface area contributed by atoms with Gasteiger partial charge >= 0.3 is 0 Å². The molecule has 3 heteroatoms. The standard InChI is InChI=1S/C7H10N2O.H2/c1-2-6(8-3-1)7-9-4-5-10-7;/h4-6,8H,1-3H2;1H/t6-;/m0./s1. The number of nitrogens with zero attached hydrogens (tertiary/aromatic N) is 1. The molecule has 1 aliphatic heterocycles. The molecule has 56 valence electrons. The Morgan fingerprint density at radius 2 is 2.80 bits per heavy atom. The van der Waals surface area contributed by atoms with Crippen LogP contribution >= 0.6 is 0 Å². The highest BCUT2D eigenvalue weighted by molar-refractivity contribution is 4.92. The van der Waals surface area contributed by atoms with Gasteiger partial charge in [0.15, 0.2) is 0 Å². The SMILES string of the molecule is [HH].c1coc([C@@H]2CCCN2)n1. The van der Waals surface area contributed by atoms with E-state index in [2.05, 4.69) is 10.3 Å². The zero-order valence-corrected chi connectivity index (χ0v) is 5.71. The predicted molar refractivity (Wildman–Crippen MR) is 38.6 cm³/mol. The summed E-state index contributed by atoms with van der Waals surface area (Å²) in [5.74, 6) is 0.831. The van der Waals surface area contributed by atoms with Crippen LogP contribution in [0.25, 0.3) is 0 Å². The summed E-state index contributed by atoms with van der Waals surface area (Å²) in [5, 5.41) is 3.30. The zero-order valence-electron chi connectivity index (χ0n) is 5.71. The van der Waals surface area contributed by atoms with Crippen LogP contribution in [0, 0.1) is 0 Å². The molecule has 1 aromatic rings. The molecule has 1 fully saturated rings. The Balaban J connectivity index is 0.000000605. The summed E-state index contributed by atoms with van der Waals surface area (Å²) in [6, 6.07) is 0.370. The molecule has 3 nitrogen and oxygen atoms in total. The summed E-state index contributed by atoms with van der Waals surface area (Å²) in [4.78, 5) is 4.07. The Bertz CT molecular complexity index is 194. The van der Waals surface area contributed by atoms with E-state index in [9.17, 15) is 0 Å². The number of nitrogens with one attached hydrogen (secondary N) is 1. The van der Waals surface area contributed by atoms with Gasteiger partial charge in [-0.05, 0) is 19.4 Å². The molecular formula is C7H12N2O. The van der Waals surface area contributed by atoms with E-state index in [0.717, 1.165) is 18.9 Å². The predicted octanol–water partition coefficient (Wildman–Crippen LogP) is 1.35. The second-order valence-electron chi connectivity index (χ2n) is 2.52. The van der Waals surface area contributed by atoms with Crippen LogP contribution in [0.3, 0.4) is 0 Å². The van der Waals surface area contributed by atoms with Crippen molar-refractivity contribution in [2.45, 2.75) is 18.9 Å². The molecule has 1 aliphatic rings. The van der Waals surface area contributed by atoms with Gasteiger partial charge in [-0.2, -0.15) is 0 Å². The van der Waals surface area contributed by atoms with Crippen LogP contribution in [0.5, 0.6) is 0 Å². The Morgan fingerprint density at radius 3 is 3.40 bits per heavy atom. The Hall–Kier alpha value is -0.830. The van der Waals surface area contributed by atoms with Gasteiger partial charge in [-0.3, -0.25) is 0 Å². The molecule has 0 spiro atoms. The van der Waals surface area contributed by atoms with Crippen LogP contribution in [-0.4, -0.2) is 11.5 Å². The molecule has 0 aliphatic carbocycles.